The van der Waals surface area contributed by atoms with E-state index in [1.54, 1.807) is 23.2 Å². The van der Waals surface area contributed by atoms with Crippen LogP contribution in [0, 0.1) is 6.92 Å². The molecule has 6 heteroatoms. The van der Waals surface area contributed by atoms with Crippen LogP contribution in [0.25, 0.3) is 6.08 Å². The number of nitrogens with one attached hydrogen (secondary N) is 1. The Kier molecular flexibility index (Phi) is 3.79. The molecule has 1 amide bonds. The number of rotatable bonds is 4. The van der Waals surface area contributed by atoms with Crippen molar-refractivity contribution in [1.82, 2.24) is 19.6 Å². The lowest BCUT2D eigenvalue weighted by molar-refractivity contribution is -0.111. The zero-order chi connectivity index (χ0) is 13.8. The van der Waals surface area contributed by atoms with Crippen molar-refractivity contribution in [3.05, 3.63) is 35.9 Å². The summed E-state index contributed by atoms with van der Waals surface area (Å²) in [4.78, 5) is 11.8. The van der Waals surface area contributed by atoms with E-state index in [4.69, 9.17) is 0 Å². The smallest absolute Gasteiger partial charge is 0.248 e. The second-order valence-electron chi connectivity index (χ2n) is 4.23. The summed E-state index contributed by atoms with van der Waals surface area (Å²) in [6.07, 6.45) is 8.41. The molecule has 2 aromatic rings. The number of anilines is 1. The molecule has 0 spiro atoms. The van der Waals surface area contributed by atoms with E-state index in [9.17, 15) is 4.79 Å². The van der Waals surface area contributed by atoms with E-state index < -0.39 is 0 Å². The first kappa shape index (κ1) is 13.1. The third-order valence-corrected chi connectivity index (χ3v) is 2.81. The second-order valence-corrected chi connectivity index (χ2v) is 4.23. The molecule has 0 aromatic carbocycles. The Morgan fingerprint density at radius 1 is 1.42 bits per heavy atom. The first-order valence-corrected chi connectivity index (χ1v) is 6.10. The van der Waals surface area contributed by atoms with Gasteiger partial charge in [0.25, 0.3) is 0 Å². The largest absolute Gasteiger partial charge is 0.320 e. The van der Waals surface area contributed by atoms with Gasteiger partial charge in [0, 0.05) is 31.4 Å². The van der Waals surface area contributed by atoms with E-state index >= 15 is 0 Å². The maximum atomic E-state index is 11.8. The summed E-state index contributed by atoms with van der Waals surface area (Å²) in [5, 5.41) is 11.0. The highest BCUT2D eigenvalue weighted by atomic mass is 16.1. The second kappa shape index (κ2) is 5.51. The predicted octanol–water partition coefficient (Wildman–Crippen LogP) is 1.60. The van der Waals surface area contributed by atoms with Crippen LogP contribution in [-0.2, 0) is 18.4 Å². The molecule has 19 heavy (non-hydrogen) atoms. The molecule has 0 saturated carbocycles. The van der Waals surface area contributed by atoms with Crippen molar-refractivity contribution in [3.63, 3.8) is 0 Å². The van der Waals surface area contributed by atoms with Crippen LogP contribution in [0.2, 0.25) is 0 Å². The van der Waals surface area contributed by atoms with Crippen LogP contribution in [0.5, 0.6) is 0 Å². The highest BCUT2D eigenvalue weighted by Gasteiger charge is 2.06. The molecule has 0 aliphatic carbocycles. The van der Waals surface area contributed by atoms with Gasteiger partial charge in [0.1, 0.15) is 0 Å². The maximum Gasteiger partial charge on any atom is 0.248 e. The third kappa shape index (κ3) is 3.09. The molecule has 2 rings (SSSR count). The van der Waals surface area contributed by atoms with Crippen LogP contribution in [-0.4, -0.2) is 25.5 Å². The Labute approximate surface area is 111 Å². The Hall–Kier alpha value is -2.37. The Balaban J connectivity index is 2.01. The van der Waals surface area contributed by atoms with Crippen molar-refractivity contribution >= 4 is 17.7 Å². The molecule has 0 fully saturated rings. The molecule has 0 aliphatic rings. The van der Waals surface area contributed by atoms with Crippen molar-refractivity contribution in [2.45, 2.75) is 20.4 Å². The summed E-state index contributed by atoms with van der Waals surface area (Å²) < 4.78 is 3.52. The maximum absolute atomic E-state index is 11.8. The number of aryl methyl sites for hydroxylation is 2. The average Bonchev–Trinajstić information content (AvgIpc) is 2.95. The number of carbonyl (C=O) groups is 1. The lowest BCUT2D eigenvalue weighted by atomic mass is 10.3. The number of aromatic nitrogens is 4. The van der Waals surface area contributed by atoms with Gasteiger partial charge in [0.2, 0.25) is 5.91 Å². The van der Waals surface area contributed by atoms with Crippen molar-refractivity contribution in [1.29, 1.82) is 0 Å². The van der Waals surface area contributed by atoms with Gasteiger partial charge in [0.05, 0.1) is 23.8 Å². The van der Waals surface area contributed by atoms with E-state index in [-0.39, 0.29) is 5.91 Å². The molecular weight excluding hydrogens is 242 g/mol. The summed E-state index contributed by atoms with van der Waals surface area (Å²) >= 11 is 0. The summed E-state index contributed by atoms with van der Waals surface area (Å²) in [5.74, 6) is -0.178. The molecule has 0 saturated heterocycles. The average molecular weight is 259 g/mol. The van der Waals surface area contributed by atoms with E-state index in [1.807, 2.05) is 31.8 Å². The monoisotopic (exact) mass is 259 g/mol. The van der Waals surface area contributed by atoms with Gasteiger partial charge in [-0.2, -0.15) is 10.2 Å². The van der Waals surface area contributed by atoms with Gasteiger partial charge in [0.15, 0.2) is 0 Å². The van der Waals surface area contributed by atoms with Crippen LogP contribution in [0.1, 0.15) is 18.2 Å². The van der Waals surface area contributed by atoms with E-state index in [1.165, 1.54) is 6.08 Å². The van der Waals surface area contributed by atoms with Gasteiger partial charge in [-0.1, -0.05) is 0 Å². The summed E-state index contributed by atoms with van der Waals surface area (Å²) in [5.41, 5.74) is 2.58. The number of carbonyl (C=O) groups excluding carboxylic acids is 1. The lowest BCUT2D eigenvalue weighted by Gasteiger charge is -2.02. The summed E-state index contributed by atoms with van der Waals surface area (Å²) in [7, 11) is 1.83. The number of nitrogens with zero attached hydrogens (tertiary/aromatic N) is 4. The van der Waals surface area contributed by atoms with Gasteiger partial charge in [-0.25, -0.2) is 0 Å². The van der Waals surface area contributed by atoms with Crippen molar-refractivity contribution in [3.8, 4) is 0 Å². The van der Waals surface area contributed by atoms with Crippen LogP contribution >= 0.6 is 0 Å². The normalized spacial score (nSPS) is 11.1. The molecule has 0 radical (unpaired) electrons. The predicted molar refractivity (Wildman–Crippen MR) is 73.5 cm³/mol. The standard InChI is InChI=1S/C13H17N5O/c1-4-18-10(2)12(8-15-18)16-13(19)6-5-11-7-14-17(3)9-11/h5-9H,4H2,1-3H3,(H,16,19)/b6-5+. The van der Waals surface area contributed by atoms with Gasteiger partial charge >= 0.3 is 0 Å². The SMILES string of the molecule is CCn1ncc(NC(=O)/C=C/c2cnn(C)c2)c1C. The zero-order valence-electron chi connectivity index (χ0n) is 11.3. The fourth-order valence-electron chi connectivity index (χ4n) is 1.76. The molecule has 2 heterocycles. The zero-order valence-corrected chi connectivity index (χ0v) is 11.3. The molecular formula is C13H17N5O. The van der Waals surface area contributed by atoms with Crippen molar-refractivity contribution in [2.75, 3.05) is 5.32 Å². The van der Waals surface area contributed by atoms with Crippen molar-refractivity contribution < 1.29 is 4.79 Å². The van der Waals surface area contributed by atoms with Crippen LogP contribution in [0.4, 0.5) is 5.69 Å². The molecule has 0 unspecified atom stereocenters. The lowest BCUT2D eigenvalue weighted by Crippen LogP contribution is -2.09. The first-order valence-electron chi connectivity index (χ1n) is 6.10. The van der Waals surface area contributed by atoms with Gasteiger partial charge < -0.3 is 5.32 Å². The minimum atomic E-state index is -0.178. The highest BCUT2D eigenvalue weighted by molar-refractivity contribution is 6.02. The van der Waals surface area contributed by atoms with Crippen LogP contribution < -0.4 is 5.32 Å². The summed E-state index contributed by atoms with van der Waals surface area (Å²) in [6, 6.07) is 0. The molecule has 0 aliphatic heterocycles. The minimum Gasteiger partial charge on any atom is -0.320 e. The fourth-order valence-corrected chi connectivity index (χ4v) is 1.76. The number of hydrogen-bond donors (Lipinski definition) is 1. The Bertz CT molecular complexity index is 608. The van der Waals surface area contributed by atoms with Gasteiger partial charge in [-0.3, -0.25) is 14.2 Å². The highest BCUT2D eigenvalue weighted by Crippen LogP contribution is 2.13. The van der Waals surface area contributed by atoms with E-state index in [0.717, 1.165) is 23.5 Å². The van der Waals surface area contributed by atoms with Crippen LogP contribution in [0.3, 0.4) is 0 Å². The van der Waals surface area contributed by atoms with Gasteiger partial charge in [-0.05, 0) is 19.9 Å². The summed E-state index contributed by atoms with van der Waals surface area (Å²) in [6.45, 7) is 4.72. The minimum absolute atomic E-state index is 0.178. The molecule has 6 nitrogen and oxygen atoms in total. The third-order valence-electron chi connectivity index (χ3n) is 2.81. The molecule has 1 N–H and O–H groups in total. The topological polar surface area (TPSA) is 64.7 Å². The van der Waals surface area contributed by atoms with E-state index in [0.29, 0.717) is 0 Å². The molecule has 2 aromatic heterocycles. The quantitative estimate of drug-likeness (QED) is 0.848. The first-order chi connectivity index (χ1) is 9.10. The number of amides is 1. The molecule has 100 valence electrons. The van der Waals surface area contributed by atoms with Crippen LogP contribution in [0.15, 0.2) is 24.7 Å². The Morgan fingerprint density at radius 2 is 2.21 bits per heavy atom. The number of hydrogen-bond acceptors (Lipinski definition) is 3. The van der Waals surface area contributed by atoms with Gasteiger partial charge in [-0.15, -0.1) is 0 Å². The molecule has 0 atom stereocenters. The fraction of sp³-hybridized carbons (Fsp3) is 0.308. The Morgan fingerprint density at radius 3 is 2.79 bits per heavy atom. The van der Waals surface area contributed by atoms with Crippen molar-refractivity contribution in [2.24, 2.45) is 7.05 Å². The molecule has 0 bridgehead atoms. The van der Waals surface area contributed by atoms with E-state index in [2.05, 4.69) is 15.5 Å².